The highest BCUT2D eigenvalue weighted by molar-refractivity contribution is 5.18. The van der Waals surface area contributed by atoms with E-state index in [2.05, 4.69) is 19.2 Å². The first-order valence-electron chi connectivity index (χ1n) is 5.62. The first-order valence-corrected chi connectivity index (χ1v) is 5.62. The molecule has 1 aromatic rings. The average molecular weight is 227 g/mol. The highest BCUT2D eigenvalue weighted by Gasteiger charge is 2.13. The zero-order valence-corrected chi connectivity index (χ0v) is 10.1. The molecule has 90 valence electrons. The molecule has 0 aliphatic heterocycles. The van der Waals surface area contributed by atoms with Crippen molar-refractivity contribution in [1.82, 2.24) is 5.32 Å². The van der Waals surface area contributed by atoms with Gasteiger partial charge in [0.2, 0.25) is 0 Å². The maximum atomic E-state index is 13.0. The lowest BCUT2D eigenvalue weighted by atomic mass is 9.89. The first kappa shape index (κ1) is 13.1. The van der Waals surface area contributed by atoms with Crippen molar-refractivity contribution in [3.63, 3.8) is 0 Å². The zero-order chi connectivity index (χ0) is 12.1. The van der Waals surface area contributed by atoms with Crippen LogP contribution < -0.4 is 5.32 Å². The second-order valence-electron chi connectivity index (χ2n) is 4.49. The molecule has 0 saturated carbocycles. The summed E-state index contributed by atoms with van der Waals surface area (Å²) in [4.78, 5) is 0. The van der Waals surface area contributed by atoms with Crippen LogP contribution in [-0.2, 0) is 6.42 Å². The van der Waals surface area contributed by atoms with Crippen LogP contribution in [0, 0.1) is 23.5 Å². The highest BCUT2D eigenvalue weighted by atomic mass is 19.1. The Morgan fingerprint density at radius 3 is 2.12 bits per heavy atom. The van der Waals surface area contributed by atoms with Crippen LogP contribution >= 0.6 is 0 Å². The second-order valence-corrected chi connectivity index (χ2v) is 4.49. The quantitative estimate of drug-likeness (QED) is 0.815. The summed E-state index contributed by atoms with van der Waals surface area (Å²) in [6, 6.07) is 3.72. The Bertz CT molecular complexity index is 318. The second kappa shape index (κ2) is 5.94. The maximum absolute atomic E-state index is 13.0. The van der Waals surface area contributed by atoms with Crippen molar-refractivity contribution < 1.29 is 8.78 Å². The van der Waals surface area contributed by atoms with Crippen LogP contribution in [0.25, 0.3) is 0 Å². The number of halogens is 2. The molecule has 1 aromatic carbocycles. The third kappa shape index (κ3) is 3.89. The molecule has 0 amide bonds. The summed E-state index contributed by atoms with van der Waals surface area (Å²) in [6.07, 6.45) is 0.706. The predicted octanol–water partition coefficient (Wildman–Crippen LogP) is 3.00. The van der Waals surface area contributed by atoms with Crippen molar-refractivity contribution >= 4 is 0 Å². The monoisotopic (exact) mass is 227 g/mol. The summed E-state index contributed by atoms with van der Waals surface area (Å²) in [5.41, 5.74) is 0.730. The van der Waals surface area contributed by atoms with Gasteiger partial charge in [-0.05, 0) is 49.5 Å². The van der Waals surface area contributed by atoms with Crippen molar-refractivity contribution in [1.29, 1.82) is 0 Å². The van der Waals surface area contributed by atoms with Gasteiger partial charge in [0.1, 0.15) is 11.6 Å². The molecule has 1 N–H and O–H groups in total. The molecule has 16 heavy (non-hydrogen) atoms. The van der Waals surface area contributed by atoms with Crippen LogP contribution in [0.5, 0.6) is 0 Å². The Morgan fingerprint density at radius 1 is 1.06 bits per heavy atom. The van der Waals surface area contributed by atoms with Gasteiger partial charge in [0, 0.05) is 6.07 Å². The number of hydrogen-bond donors (Lipinski definition) is 1. The highest BCUT2D eigenvalue weighted by Crippen LogP contribution is 2.18. The lowest BCUT2D eigenvalue weighted by Crippen LogP contribution is -2.23. The van der Waals surface area contributed by atoms with E-state index in [1.54, 1.807) is 0 Å². The van der Waals surface area contributed by atoms with E-state index < -0.39 is 11.6 Å². The van der Waals surface area contributed by atoms with Crippen molar-refractivity contribution in [2.75, 3.05) is 13.6 Å². The maximum Gasteiger partial charge on any atom is 0.126 e. The molecule has 0 radical (unpaired) electrons. The third-order valence-electron chi connectivity index (χ3n) is 2.98. The summed E-state index contributed by atoms with van der Waals surface area (Å²) in [5, 5.41) is 3.11. The van der Waals surface area contributed by atoms with Gasteiger partial charge in [-0.1, -0.05) is 13.8 Å². The van der Waals surface area contributed by atoms with E-state index in [0.717, 1.165) is 18.2 Å². The molecule has 2 atom stereocenters. The minimum Gasteiger partial charge on any atom is -0.319 e. The van der Waals surface area contributed by atoms with Gasteiger partial charge in [0.05, 0.1) is 0 Å². The van der Waals surface area contributed by atoms with Crippen molar-refractivity contribution in [2.24, 2.45) is 11.8 Å². The molecule has 0 heterocycles. The molecule has 2 unspecified atom stereocenters. The van der Waals surface area contributed by atoms with Gasteiger partial charge in [-0.15, -0.1) is 0 Å². The summed E-state index contributed by atoms with van der Waals surface area (Å²) in [7, 11) is 1.91. The standard InChI is InChI=1S/C13H19F2N/c1-9(10(2)8-16-3)4-11-5-12(14)7-13(15)6-11/h5-7,9-10,16H,4,8H2,1-3H3. The van der Waals surface area contributed by atoms with Gasteiger partial charge in [-0.3, -0.25) is 0 Å². The Balaban J connectivity index is 2.65. The summed E-state index contributed by atoms with van der Waals surface area (Å²) < 4.78 is 26.0. The Kier molecular flexibility index (Phi) is 4.87. The minimum absolute atomic E-state index is 0.397. The van der Waals surface area contributed by atoms with Gasteiger partial charge in [-0.2, -0.15) is 0 Å². The van der Waals surface area contributed by atoms with E-state index in [9.17, 15) is 8.78 Å². The molecular formula is C13H19F2N. The van der Waals surface area contributed by atoms with Gasteiger partial charge in [0.25, 0.3) is 0 Å². The smallest absolute Gasteiger partial charge is 0.126 e. The SMILES string of the molecule is CNCC(C)C(C)Cc1cc(F)cc(F)c1. The summed E-state index contributed by atoms with van der Waals surface area (Å²) >= 11 is 0. The van der Waals surface area contributed by atoms with Gasteiger partial charge in [-0.25, -0.2) is 8.78 Å². The molecule has 0 aromatic heterocycles. The molecule has 3 heteroatoms. The molecular weight excluding hydrogens is 208 g/mol. The largest absolute Gasteiger partial charge is 0.319 e. The normalized spacial score (nSPS) is 14.8. The van der Waals surface area contributed by atoms with E-state index in [0.29, 0.717) is 18.3 Å². The first-order chi connectivity index (χ1) is 7.52. The summed E-state index contributed by atoms with van der Waals surface area (Å²) in [6.45, 7) is 5.15. The van der Waals surface area contributed by atoms with Crippen molar-refractivity contribution in [3.8, 4) is 0 Å². The molecule has 0 fully saturated rings. The Hall–Kier alpha value is -0.960. The zero-order valence-electron chi connectivity index (χ0n) is 10.1. The number of hydrogen-bond acceptors (Lipinski definition) is 1. The molecule has 1 nitrogen and oxygen atoms in total. The van der Waals surface area contributed by atoms with Crippen LogP contribution in [-0.4, -0.2) is 13.6 Å². The lowest BCUT2D eigenvalue weighted by Gasteiger charge is -2.19. The van der Waals surface area contributed by atoms with Crippen LogP contribution in [0.1, 0.15) is 19.4 Å². The van der Waals surface area contributed by atoms with E-state index in [1.807, 2.05) is 7.05 Å². The van der Waals surface area contributed by atoms with Gasteiger partial charge < -0.3 is 5.32 Å². The van der Waals surface area contributed by atoms with Gasteiger partial charge in [0.15, 0.2) is 0 Å². The van der Waals surface area contributed by atoms with Crippen LogP contribution in [0.4, 0.5) is 8.78 Å². The Labute approximate surface area is 95.9 Å². The number of nitrogens with one attached hydrogen (secondary N) is 1. The number of benzene rings is 1. The van der Waals surface area contributed by atoms with E-state index in [4.69, 9.17) is 0 Å². The molecule has 1 rings (SSSR count). The van der Waals surface area contributed by atoms with Crippen LogP contribution in [0.2, 0.25) is 0 Å². The lowest BCUT2D eigenvalue weighted by molar-refractivity contribution is 0.373. The van der Waals surface area contributed by atoms with Crippen molar-refractivity contribution in [2.45, 2.75) is 20.3 Å². The molecule has 0 spiro atoms. The average Bonchev–Trinajstić information content (AvgIpc) is 2.16. The Morgan fingerprint density at radius 2 is 1.62 bits per heavy atom. The van der Waals surface area contributed by atoms with E-state index in [1.165, 1.54) is 12.1 Å². The molecule has 0 aliphatic carbocycles. The summed E-state index contributed by atoms with van der Waals surface area (Å²) in [5.74, 6) is -0.114. The van der Waals surface area contributed by atoms with Crippen LogP contribution in [0.3, 0.4) is 0 Å². The van der Waals surface area contributed by atoms with E-state index in [-0.39, 0.29) is 0 Å². The van der Waals surface area contributed by atoms with Crippen molar-refractivity contribution in [3.05, 3.63) is 35.4 Å². The topological polar surface area (TPSA) is 12.0 Å². The fraction of sp³-hybridized carbons (Fsp3) is 0.538. The fourth-order valence-electron chi connectivity index (χ4n) is 1.82. The minimum atomic E-state index is -0.497. The number of rotatable bonds is 5. The fourth-order valence-corrected chi connectivity index (χ4v) is 1.82. The third-order valence-corrected chi connectivity index (χ3v) is 2.98. The van der Waals surface area contributed by atoms with Gasteiger partial charge >= 0.3 is 0 Å². The molecule has 0 bridgehead atoms. The van der Waals surface area contributed by atoms with E-state index >= 15 is 0 Å². The molecule has 0 aliphatic rings. The van der Waals surface area contributed by atoms with Crippen LogP contribution in [0.15, 0.2) is 18.2 Å². The molecule has 0 saturated heterocycles. The predicted molar refractivity (Wildman–Crippen MR) is 62.3 cm³/mol.